The van der Waals surface area contributed by atoms with Crippen LogP contribution < -0.4 is 4.74 Å². The highest BCUT2D eigenvalue weighted by Crippen LogP contribution is 2.20. The topological polar surface area (TPSA) is 38.7 Å². The highest BCUT2D eigenvalue weighted by molar-refractivity contribution is 5.34. The van der Waals surface area contributed by atoms with E-state index in [9.17, 15) is 0 Å². The van der Waals surface area contributed by atoms with Crippen molar-refractivity contribution in [1.82, 2.24) is 0 Å². The van der Waals surface area contributed by atoms with E-state index in [1.54, 1.807) is 0 Å². The number of aliphatic hydroxyl groups excluding tert-OH is 1. The van der Waals surface area contributed by atoms with Gasteiger partial charge < -0.3 is 14.6 Å². The Labute approximate surface area is 132 Å². The predicted molar refractivity (Wildman–Crippen MR) is 88.0 cm³/mol. The quantitative estimate of drug-likeness (QED) is 0.717. The molecule has 2 aromatic carbocycles. The van der Waals surface area contributed by atoms with Crippen molar-refractivity contribution in [3.63, 3.8) is 0 Å². The summed E-state index contributed by atoms with van der Waals surface area (Å²) in [6.45, 7) is 3.99. The van der Waals surface area contributed by atoms with Crippen LogP contribution in [0.1, 0.15) is 30.0 Å². The van der Waals surface area contributed by atoms with Gasteiger partial charge in [-0.05, 0) is 41.7 Å². The molecule has 2 rings (SSSR count). The van der Waals surface area contributed by atoms with E-state index in [0.29, 0.717) is 26.2 Å². The molecule has 0 radical (unpaired) electrons. The predicted octanol–water partition coefficient (Wildman–Crippen LogP) is 3.73. The molecular formula is C19H24O3. The van der Waals surface area contributed by atoms with E-state index in [1.807, 2.05) is 24.3 Å². The number of benzene rings is 2. The van der Waals surface area contributed by atoms with Gasteiger partial charge in [0.2, 0.25) is 0 Å². The number of hydrogen-bond donors (Lipinski definition) is 1. The molecule has 1 N–H and O–H groups in total. The maximum atomic E-state index is 8.77. The van der Waals surface area contributed by atoms with Crippen molar-refractivity contribution in [2.45, 2.75) is 33.0 Å². The van der Waals surface area contributed by atoms with Gasteiger partial charge in [0.05, 0.1) is 6.61 Å². The first kappa shape index (κ1) is 16.5. The Balaban J connectivity index is 1.97. The van der Waals surface area contributed by atoms with Crippen LogP contribution in [0.25, 0.3) is 0 Å². The Morgan fingerprint density at radius 2 is 1.68 bits per heavy atom. The molecule has 0 unspecified atom stereocenters. The monoisotopic (exact) mass is 300 g/mol. The summed E-state index contributed by atoms with van der Waals surface area (Å²) < 4.78 is 11.5. The zero-order valence-corrected chi connectivity index (χ0v) is 13.1. The van der Waals surface area contributed by atoms with Gasteiger partial charge in [0.15, 0.2) is 0 Å². The van der Waals surface area contributed by atoms with Crippen molar-refractivity contribution in [3.05, 3.63) is 65.2 Å². The molecule has 2 aromatic rings. The Morgan fingerprint density at radius 3 is 2.41 bits per heavy atom. The third-order valence-corrected chi connectivity index (χ3v) is 3.40. The maximum Gasteiger partial charge on any atom is 0.120 e. The Hall–Kier alpha value is -1.84. The molecule has 0 aromatic heterocycles. The SMILES string of the molecule is CCc1cc(COCCCO)cc(OCc2ccccc2)c1. The summed E-state index contributed by atoms with van der Waals surface area (Å²) in [7, 11) is 0. The molecule has 0 aliphatic rings. The summed E-state index contributed by atoms with van der Waals surface area (Å²) in [6.07, 6.45) is 1.64. The zero-order chi connectivity index (χ0) is 15.6. The molecule has 0 bridgehead atoms. The van der Waals surface area contributed by atoms with E-state index < -0.39 is 0 Å². The molecule has 0 fully saturated rings. The van der Waals surface area contributed by atoms with E-state index in [4.69, 9.17) is 14.6 Å². The van der Waals surface area contributed by atoms with Gasteiger partial charge in [-0.3, -0.25) is 0 Å². The third kappa shape index (κ3) is 5.51. The normalized spacial score (nSPS) is 10.6. The average Bonchev–Trinajstić information content (AvgIpc) is 2.57. The maximum absolute atomic E-state index is 8.77. The first-order valence-corrected chi connectivity index (χ1v) is 7.80. The minimum Gasteiger partial charge on any atom is -0.489 e. The van der Waals surface area contributed by atoms with Crippen molar-refractivity contribution in [2.75, 3.05) is 13.2 Å². The summed E-state index contributed by atoms with van der Waals surface area (Å²) in [5.74, 6) is 0.879. The van der Waals surface area contributed by atoms with Crippen LogP contribution in [0.5, 0.6) is 5.75 Å². The van der Waals surface area contributed by atoms with Gasteiger partial charge in [-0.1, -0.05) is 43.3 Å². The molecule has 0 aliphatic carbocycles. The largest absolute Gasteiger partial charge is 0.489 e. The molecular weight excluding hydrogens is 276 g/mol. The smallest absolute Gasteiger partial charge is 0.120 e. The highest BCUT2D eigenvalue weighted by atomic mass is 16.5. The molecule has 0 heterocycles. The van der Waals surface area contributed by atoms with E-state index >= 15 is 0 Å². The summed E-state index contributed by atoms with van der Waals surface area (Å²) in [6, 6.07) is 16.4. The number of rotatable bonds is 9. The van der Waals surface area contributed by atoms with Gasteiger partial charge >= 0.3 is 0 Å². The summed E-state index contributed by atoms with van der Waals surface area (Å²) in [4.78, 5) is 0. The van der Waals surface area contributed by atoms with E-state index in [0.717, 1.165) is 23.3 Å². The van der Waals surface area contributed by atoms with Gasteiger partial charge in [-0.15, -0.1) is 0 Å². The zero-order valence-electron chi connectivity index (χ0n) is 13.1. The van der Waals surface area contributed by atoms with Crippen LogP contribution in [-0.2, 0) is 24.4 Å². The molecule has 0 atom stereocenters. The third-order valence-electron chi connectivity index (χ3n) is 3.40. The van der Waals surface area contributed by atoms with Gasteiger partial charge in [0.25, 0.3) is 0 Å². The molecule has 3 heteroatoms. The first-order valence-electron chi connectivity index (χ1n) is 7.80. The lowest BCUT2D eigenvalue weighted by Crippen LogP contribution is -2.00. The van der Waals surface area contributed by atoms with E-state index in [2.05, 4.69) is 31.2 Å². The molecule has 0 saturated heterocycles. The number of aryl methyl sites for hydroxylation is 1. The molecule has 22 heavy (non-hydrogen) atoms. The first-order chi connectivity index (χ1) is 10.8. The number of ether oxygens (including phenoxy) is 2. The fraction of sp³-hybridized carbons (Fsp3) is 0.368. The Bertz CT molecular complexity index is 552. The molecule has 0 amide bonds. The van der Waals surface area contributed by atoms with Crippen LogP contribution in [0.4, 0.5) is 0 Å². The van der Waals surface area contributed by atoms with Crippen LogP contribution >= 0.6 is 0 Å². The van der Waals surface area contributed by atoms with Gasteiger partial charge in [0, 0.05) is 13.2 Å². The summed E-state index contributed by atoms with van der Waals surface area (Å²) in [5.41, 5.74) is 3.51. The number of hydrogen-bond acceptors (Lipinski definition) is 3. The summed E-state index contributed by atoms with van der Waals surface area (Å²) >= 11 is 0. The lowest BCUT2D eigenvalue weighted by molar-refractivity contribution is 0.104. The van der Waals surface area contributed by atoms with E-state index in [-0.39, 0.29) is 6.61 Å². The van der Waals surface area contributed by atoms with Crippen LogP contribution in [0.2, 0.25) is 0 Å². The van der Waals surface area contributed by atoms with Crippen LogP contribution in [0.3, 0.4) is 0 Å². The molecule has 0 spiro atoms. The molecule has 3 nitrogen and oxygen atoms in total. The van der Waals surface area contributed by atoms with Gasteiger partial charge in [-0.2, -0.15) is 0 Å². The lowest BCUT2D eigenvalue weighted by Gasteiger charge is -2.11. The Morgan fingerprint density at radius 1 is 0.909 bits per heavy atom. The van der Waals surface area contributed by atoms with E-state index in [1.165, 1.54) is 5.56 Å². The van der Waals surface area contributed by atoms with Crippen LogP contribution in [0.15, 0.2) is 48.5 Å². The fourth-order valence-corrected chi connectivity index (χ4v) is 2.20. The van der Waals surface area contributed by atoms with Crippen LogP contribution in [-0.4, -0.2) is 18.3 Å². The fourth-order valence-electron chi connectivity index (χ4n) is 2.20. The molecule has 0 saturated carbocycles. The standard InChI is InChI=1S/C19H24O3/c1-2-16-11-18(14-21-10-6-9-20)13-19(12-16)22-15-17-7-4-3-5-8-17/h3-5,7-8,11-13,20H,2,6,9-10,14-15H2,1H3. The minimum absolute atomic E-state index is 0.167. The minimum atomic E-state index is 0.167. The van der Waals surface area contributed by atoms with Crippen molar-refractivity contribution in [3.8, 4) is 5.75 Å². The second kappa shape index (κ2) is 9.23. The highest BCUT2D eigenvalue weighted by Gasteiger charge is 2.03. The lowest BCUT2D eigenvalue weighted by atomic mass is 10.1. The average molecular weight is 300 g/mol. The second-order valence-corrected chi connectivity index (χ2v) is 5.24. The van der Waals surface area contributed by atoms with Crippen molar-refractivity contribution < 1.29 is 14.6 Å². The Kier molecular flexibility index (Phi) is 6.94. The van der Waals surface area contributed by atoms with Crippen LogP contribution in [0, 0.1) is 0 Å². The van der Waals surface area contributed by atoms with Gasteiger partial charge in [0.1, 0.15) is 12.4 Å². The van der Waals surface area contributed by atoms with Gasteiger partial charge in [-0.25, -0.2) is 0 Å². The molecule has 0 aliphatic heterocycles. The van der Waals surface area contributed by atoms with Crippen molar-refractivity contribution in [1.29, 1.82) is 0 Å². The molecule has 118 valence electrons. The number of aliphatic hydroxyl groups is 1. The van der Waals surface area contributed by atoms with Crippen molar-refractivity contribution in [2.24, 2.45) is 0 Å². The second-order valence-electron chi connectivity index (χ2n) is 5.24. The summed E-state index contributed by atoms with van der Waals surface area (Å²) in [5, 5.41) is 8.77. The van der Waals surface area contributed by atoms with Crippen molar-refractivity contribution >= 4 is 0 Å².